The topological polar surface area (TPSA) is 26.3 Å². The number of rotatable bonds is 7. The predicted molar refractivity (Wildman–Crippen MR) is 71.7 cm³/mol. The van der Waals surface area contributed by atoms with E-state index in [0.717, 1.165) is 11.0 Å². The Balaban J connectivity index is 4.70. The quantitative estimate of drug-likeness (QED) is 0.390. The fraction of sp³-hybridized carbons (Fsp3) is 0.786. The van der Waals surface area contributed by atoms with E-state index in [4.69, 9.17) is 4.74 Å². The normalized spacial score (nSPS) is 12.3. The van der Waals surface area contributed by atoms with E-state index in [2.05, 4.69) is 48.1 Å². The molecule has 0 aliphatic carbocycles. The smallest absolute Gasteiger partial charge is 0.330 e. The maximum Gasteiger partial charge on any atom is 0.330 e. The maximum absolute atomic E-state index is 11.1. The largest absolute Gasteiger partial charge is 0.457 e. The van der Waals surface area contributed by atoms with Crippen LogP contribution in [0.5, 0.6) is 0 Å². The van der Waals surface area contributed by atoms with Gasteiger partial charge < -0.3 is 9.22 Å². The highest BCUT2D eigenvalue weighted by Gasteiger charge is 2.37. The van der Waals surface area contributed by atoms with Crippen molar-refractivity contribution in [3.05, 3.63) is 12.7 Å². The summed E-state index contributed by atoms with van der Waals surface area (Å²) in [6.07, 6.45) is 1.22. The molecule has 3 nitrogen and oxygen atoms in total. The Morgan fingerprint density at radius 2 is 1.53 bits per heavy atom. The Kier molecular flexibility index (Phi) is 6.46. The van der Waals surface area contributed by atoms with Crippen LogP contribution in [0.3, 0.4) is 0 Å². The van der Waals surface area contributed by atoms with E-state index >= 15 is 0 Å². The third-order valence-electron chi connectivity index (χ3n) is 3.77. The van der Waals surface area contributed by atoms with Crippen molar-refractivity contribution >= 4 is 5.97 Å². The number of quaternary nitrogens is 1. The molecule has 0 unspecified atom stereocenters. The van der Waals surface area contributed by atoms with Crippen LogP contribution >= 0.6 is 0 Å². The van der Waals surface area contributed by atoms with Crippen LogP contribution in [0.15, 0.2) is 12.7 Å². The van der Waals surface area contributed by atoms with Crippen LogP contribution in [0.1, 0.15) is 41.5 Å². The molecule has 0 N–H and O–H groups in total. The van der Waals surface area contributed by atoms with Gasteiger partial charge in [-0.25, -0.2) is 4.79 Å². The average Bonchev–Trinajstić information content (AvgIpc) is 2.22. The molecule has 0 bridgehead atoms. The molecule has 0 aromatic rings. The standard InChI is InChI=1S/C14H28NO2/c1-8-14(16)17-10-9-15(11(2)3,12(4)5)13(6)7/h8,11-13H,1,9-10H2,2-7H3/q+1. The lowest BCUT2D eigenvalue weighted by atomic mass is 10.1. The second-order valence-electron chi connectivity index (χ2n) is 5.37. The maximum atomic E-state index is 11.1. The first-order chi connectivity index (χ1) is 7.78. The summed E-state index contributed by atoms with van der Waals surface area (Å²) < 4.78 is 6.09. The average molecular weight is 242 g/mol. The van der Waals surface area contributed by atoms with Gasteiger partial charge in [0, 0.05) is 6.08 Å². The van der Waals surface area contributed by atoms with Gasteiger partial charge in [0.05, 0.1) is 18.1 Å². The molecule has 0 aromatic heterocycles. The number of nitrogens with zero attached hydrogens (tertiary/aromatic N) is 1. The van der Waals surface area contributed by atoms with E-state index in [1.54, 1.807) is 0 Å². The molecule has 0 heterocycles. The summed E-state index contributed by atoms with van der Waals surface area (Å²) in [6, 6.07) is 1.53. The van der Waals surface area contributed by atoms with Gasteiger partial charge in [0.1, 0.15) is 13.2 Å². The summed E-state index contributed by atoms with van der Waals surface area (Å²) in [5.41, 5.74) is 0. The van der Waals surface area contributed by atoms with Crippen molar-refractivity contribution in [2.24, 2.45) is 0 Å². The molecule has 0 rings (SSSR count). The molecule has 0 atom stereocenters. The van der Waals surface area contributed by atoms with Crippen LogP contribution < -0.4 is 0 Å². The van der Waals surface area contributed by atoms with Crippen LogP contribution in [0.2, 0.25) is 0 Å². The van der Waals surface area contributed by atoms with Crippen LogP contribution in [0, 0.1) is 0 Å². The molecule has 17 heavy (non-hydrogen) atoms. The zero-order valence-electron chi connectivity index (χ0n) is 12.2. The van der Waals surface area contributed by atoms with Crippen molar-refractivity contribution in [3.8, 4) is 0 Å². The number of esters is 1. The fourth-order valence-corrected chi connectivity index (χ4v) is 2.93. The first kappa shape index (κ1) is 16.2. The van der Waals surface area contributed by atoms with Crippen molar-refractivity contribution in [2.45, 2.75) is 59.7 Å². The number of hydrogen-bond acceptors (Lipinski definition) is 2. The molecule has 0 amide bonds. The molecule has 0 aliphatic heterocycles. The Hall–Kier alpha value is -0.830. The van der Waals surface area contributed by atoms with Gasteiger partial charge in [-0.15, -0.1) is 0 Å². The van der Waals surface area contributed by atoms with Crippen LogP contribution in [0.25, 0.3) is 0 Å². The van der Waals surface area contributed by atoms with E-state index in [0.29, 0.717) is 24.7 Å². The summed E-state index contributed by atoms with van der Waals surface area (Å²) in [7, 11) is 0. The molecule has 0 aromatic carbocycles. The Morgan fingerprint density at radius 1 is 1.12 bits per heavy atom. The highest BCUT2D eigenvalue weighted by Crippen LogP contribution is 2.23. The zero-order valence-corrected chi connectivity index (χ0v) is 12.2. The Labute approximate surface area is 106 Å². The van der Waals surface area contributed by atoms with Gasteiger partial charge in [-0.05, 0) is 41.5 Å². The van der Waals surface area contributed by atoms with Gasteiger partial charge in [-0.1, -0.05) is 6.58 Å². The summed E-state index contributed by atoms with van der Waals surface area (Å²) in [5, 5.41) is 0. The van der Waals surface area contributed by atoms with Crippen molar-refractivity contribution in [1.29, 1.82) is 0 Å². The second kappa shape index (κ2) is 6.80. The Morgan fingerprint density at radius 3 is 1.82 bits per heavy atom. The van der Waals surface area contributed by atoms with Gasteiger partial charge in [-0.2, -0.15) is 0 Å². The summed E-state index contributed by atoms with van der Waals surface area (Å²) in [4.78, 5) is 11.1. The van der Waals surface area contributed by atoms with E-state index < -0.39 is 0 Å². The SMILES string of the molecule is C=CC(=O)OCC[N+](C(C)C)(C(C)C)C(C)C. The lowest BCUT2D eigenvalue weighted by molar-refractivity contribution is -0.985. The van der Waals surface area contributed by atoms with Crippen molar-refractivity contribution < 1.29 is 14.0 Å². The van der Waals surface area contributed by atoms with Gasteiger partial charge in [0.15, 0.2) is 0 Å². The van der Waals surface area contributed by atoms with Crippen molar-refractivity contribution in [1.82, 2.24) is 0 Å². The van der Waals surface area contributed by atoms with Crippen LogP contribution in [-0.4, -0.2) is 41.7 Å². The minimum absolute atomic E-state index is 0.334. The van der Waals surface area contributed by atoms with Gasteiger partial charge in [0.25, 0.3) is 0 Å². The van der Waals surface area contributed by atoms with Gasteiger partial charge in [0.2, 0.25) is 0 Å². The van der Waals surface area contributed by atoms with Crippen molar-refractivity contribution in [3.63, 3.8) is 0 Å². The van der Waals surface area contributed by atoms with E-state index in [9.17, 15) is 4.79 Å². The fourth-order valence-electron chi connectivity index (χ4n) is 2.93. The molecule has 0 saturated heterocycles. The molecular formula is C14H28NO2+. The number of hydrogen-bond donors (Lipinski definition) is 0. The highest BCUT2D eigenvalue weighted by atomic mass is 16.5. The molecule has 0 aliphatic rings. The van der Waals surface area contributed by atoms with Crippen LogP contribution in [-0.2, 0) is 9.53 Å². The zero-order chi connectivity index (χ0) is 13.6. The first-order valence-corrected chi connectivity index (χ1v) is 6.45. The number of carbonyl (C=O) groups excluding carboxylic acids is 1. The molecule has 0 saturated carbocycles. The number of carbonyl (C=O) groups is 1. The van der Waals surface area contributed by atoms with E-state index in [1.807, 2.05) is 0 Å². The number of ether oxygens (including phenoxy) is 1. The molecular weight excluding hydrogens is 214 g/mol. The summed E-state index contributed by atoms with van der Waals surface area (Å²) >= 11 is 0. The molecule has 0 spiro atoms. The minimum Gasteiger partial charge on any atom is -0.457 e. The monoisotopic (exact) mass is 242 g/mol. The summed E-state index contributed by atoms with van der Waals surface area (Å²) in [5.74, 6) is -0.334. The summed E-state index contributed by atoms with van der Waals surface area (Å²) in [6.45, 7) is 18.1. The predicted octanol–water partition coefficient (Wildman–Crippen LogP) is 2.76. The van der Waals surface area contributed by atoms with Gasteiger partial charge >= 0.3 is 5.97 Å². The Bertz CT molecular complexity index is 235. The lowest BCUT2D eigenvalue weighted by Gasteiger charge is -2.49. The van der Waals surface area contributed by atoms with E-state index in [-0.39, 0.29) is 5.97 Å². The third kappa shape index (κ3) is 3.84. The van der Waals surface area contributed by atoms with Crippen molar-refractivity contribution in [2.75, 3.05) is 13.2 Å². The molecule has 100 valence electrons. The first-order valence-electron chi connectivity index (χ1n) is 6.45. The third-order valence-corrected chi connectivity index (χ3v) is 3.77. The lowest BCUT2D eigenvalue weighted by Crippen LogP contribution is -2.63. The molecule has 0 fully saturated rings. The minimum atomic E-state index is -0.334. The molecule has 3 heteroatoms. The van der Waals surface area contributed by atoms with Crippen LogP contribution in [0.4, 0.5) is 0 Å². The van der Waals surface area contributed by atoms with Gasteiger partial charge in [-0.3, -0.25) is 0 Å². The molecule has 0 radical (unpaired) electrons. The second-order valence-corrected chi connectivity index (χ2v) is 5.37. The highest BCUT2D eigenvalue weighted by molar-refractivity contribution is 5.81. The van der Waals surface area contributed by atoms with E-state index in [1.165, 1.54) is 6.08 Å².